The fourth-order valence-corrected chi connectivity index (χ4v) is 3.01. The molecule has 0 spiro atoms. The van der Waals surface area contributed by atoms with E-state index in [1.165, 1.54) is 24.3 Å². The third-order valence-corrected chi connectivity index (χ3v) is 3.79. The second-order valence-corrected chi connectivity index (χ2v) is 5.16. The van der Waals surface area contributed by atoms with Crippen LogP contribution in [-0.4, -0.2) is 21.7 Å². The van der Waals surface area contributed by atoms with Crippen LogP contribution in [0.3, 0.4) is 0 Å². The highest BCUT2D eigenvalue weighted by atomic mass is 32.2. The van der Waals surface area contributed by atoms with Crippen LogP contribution in [0.5, 0.6) is 0 Å². The van der Waals surface area contributed by atoms with E-state index in [9.17, 15) is 0 Å². The number of rotatable bonds is 2. The predicted molar refractivity (Wildman–Crippen MR) is 64.6 cm³/mol. The molecule has 0 unspecified atom stereocenters. The minimum atomic E-state index is 0.331. The summed E-state index contributed by atoms with van der Waals surface area (Å²) >= 11 is 2.03. The number of nitrogen functional groups attached to an aromatic ring is 2. The third-order valence-electron chi connectivity index (χ3n) is 2.74. The summed E-state index contributed by atoms with van der Waals surface area (Å²) in [5.41, 5.74) is 12.7. The first kappa shape index (κ1) is 10.5. The molecule has 15 heavy (non-hydrogen) atoms. The van der Waals surface area contributed by atoms with Crippen molar-refractivity contribution in [3.63, 3.8) is 0 Å². The molecule has 2 heterocycles. The number of anilines is 2. The van der Waals surface area contributed by atoms with Gasteiger partial charge < -0.3 is 11.5 Å². The molecule has 82 valence electrons. The minimum absolute atomic E-state index is 0.331. The Kier molecular flexibility index (Phi) is 3.30. The van der Waals surface area contributed by atoms with Gasteiger partial charge in [-0.3, -0.25) is 0 Å². The quantitative estimate of drug-likeness (QED) is 0.792. The van der Waals surface area contributed by atoms with Crippen LogP contribution in [-0.2, 0) is 6.42 Å². The van der Waals surface area contributed by atoms with E-state index in [0.717, 1.165) is 18.0 Å². The van der Waals surface area contributed by atoms with Gasteiger partial charge in [0.15, 0.2) is 5.82 Å². The number of aromatic nitrogens is 2. The van der Waals surface area contributed by atoms with E-state index >= 15 is 0 Å². The van der Waals surface area contributed by atoms with E-state index in [0.29, 0.717) is 11.5 Å². The van der Waals surface area contributed by atoms with Crippen molar-refractivity contribution in [2.24, 2.45) is 5.92 Å². The molecule has 1 fully saturated rings. The lowest BCUT2D eigenvalue weighted by Crippen LogP contribution is -2.14. The second-order valence-electron chi connectivity index (χ2n) is 3.94. The molecule has 1 aromatic rings. The van der Waals surface area contributed by atoms with E-state index in [4.69, 9.17) is 11.5 Å². The smallest absolute Gasteiger partial charge is 0.169 e. The van der Waals surface area contributed by atoms with Crippen LogP contribution in [0.2, 0.25) is 0 Å². The average Bonchev–Trinajstić information content (AvgIpc) is 2.25. The monoisotopic (exact) mass is 224 g/mol. The first-order chi connectivity index (χ1) is 7.25. The van der Waals surface area contributed by atoms with E-state index in [2.05, 4.69) is 10.2 Å². The Labute approximate surface area is 93.8 Å². The van der Waals surface area contributed by atoms with E-state index in [1.54, 1.807) is 0 Å². The van der Waals surface area contributed by atoms with Crippen molar-refractivity contribution >= 4 is 23.3 Å². The summed E-state index contributed by atoms with van der Waals surface area (Å²) in [6, 6.07) is 1.85. The Morgan fingerprint density at radius 3 is 2.67 bits per heavy atom. The zero-order valence-corrected chi connectivity index (χ0v) is 9.46. The van der Waals surface area contributed by atoms with Crippen LogP contribution < -0.4 is 11.5 Å². The van der Waals surface area contributed by atoms with Crippen molar-refractivity contribution in [1.82, 2.24) is 10.2 Å². The normalized spacial score (nSPS) is 17.9. The van der Waals surface area contributed by atoms with Gasteiger partial charge in [-0.25, -0.2) is 0 Å². The maximum Gasteiger partial charge on any atom is 0.169 e. The Bertz CT molecular complexity index is 336. The Morgan fingerprint density at radius 1 is 1.27 bits per heavy atom. The van der Waals surface area contributed by atoms with Gasteiger partial charge in [-0.1, -0.05) is 0 Å². The molecule has 5 heteroatoms. The number of thioether (sulfide) groups is 1. The molecule has 0 radical (unpaired) electrons. The summed E-state index contributed by atoms with van der Waals surface area (Å²) in [7, 11) is 0. The molecule has 1 aliphatic rings. The molecule has 0 atom stereocenters. The zero-order chi connectivity index (χ0) is 10.7. The molecule has 0 aliphatic carbocycles. The van der Waals surface area contributed by atoms with Crippen LogP contribution >= 0.6 is 11.8 Å². The number of nitrogens with zero attached hydrogens (tertiary/aromatic N) is 2. The van der Waals surface area contributed by atoms with Gasteiger partial charge in [0.2, 0.25) is 0 Å². The molecule has 1 aromatic heterocycles. The van der Waals surface area contributed by atoms with Gasteiger partial charge in [0.05, 0.1) is 11.4 Å². The maximum atomic E-state index is 5.69. The lowest BCUT2D eigenvalue weighted by Gasteiger charge is -2.20. The number of hydrogen-bond donors (Lipinski definition) is 2. The lowest BCUT2D eigenvalue weighted by molar-refractivity contribution is 0.480. The molecular weight excluding hydrogens is 208 g/mol. The van der Waals surface area contributed by atoms with Gasteiger partial charge in [0, 0.05) is 0 Å². The summed E-state index contributed by atoms with van der Waals surface area (Å²) in [4.78, 5) is 0. The maximum absolute atomic E-state index is 5.69. The Balaban J connectivity index is 2.00. The molecule has 0 aromatic carbocycles. The highest BCUT2D eigenvalue weighted by molar-refractivity contribution is 7.99. The molecule has 4 N–H and O–H groups in total. The highest BCUT2D eigenvalue weighted by Crippen LogP contribution is 2.25. The van der Waals surface area contributed by atoms with Crippen molar-refractivity contribution in [3.8, 4) is 0 Å². The molecule has 0 amide bonds. The van der Waals surface area contributed by atoms with Crippen LogP contribution in [0.25, 0.3) is 0 Å². The summed E-state index contributed by atoms with van der Waals surface area (Å²) in [5, 5.41) is 7.91. The molecule has 1 saturated heterocycles. The van der Waals surface area contributed by atoms with Crippen LogP contribution in [0.15, 0.2) is 6.07 Å². The first-order valence-corrected chi connectivity index (χ1v) is 6.36. The third kappa shape index (κ3) is 2.75. The minimum Gasteiger partial charge on any atom is -0.396 e. The number of hydrogen-bond acceptors (Lipinski definition) is 5. The van der Waals surface area contributed by atoms with E-state index in [-0.39, 0.29) is 0 Å². The second kappa shape index (κ2) is 4.70. The summed E-state index contributed by atoms with van der Waals surface area (Å²) in [6.45, 7) is 0. The van der Waals surface area contributed by atoms with Crippen molar-refractivity contribution in [1.29, 1.82) is 0 Å². The fourth-order valence-electron chi connectivity index (χ4n) is 1.80. The summed E-state index contributed by atoms with van der Waals surface area (Å²) in [6.07, 6.45) is 3.53. The fraction of sp³-hybridized carbons (Fsp3) is 0.600. The zero-order valence-electron chi connectivity index (χ0n) is 8.65. The van der Waals surface area contributed by atoms with E-state index < -0.39 is 0 Å². The average molecular weight is 224 g/mol. The molecule has 1 aliphatic heterocycles. The summed E-state index contributed by atoms with van der Waals surface area (Å²) < 4.78 is 0. The lowest BCUT2D eigenvalue weighted by atomic mass is 9.97. The Morgan fingerprint density at radius 2 is 2.00 bits per heavy atom. The van der Waals surface area contributed by atoms with E-state index in [1.807, 2.05) is 17.8 Å². The van der Waals surface area contributed by atoms with Gasteiger partial charge in [-0.15, -0.1) is 5.10 Å². The largest absolute Gasteiger partial charge is 0.396 e. The highest BCUT2D eigenvalue weighted by Gasteiger charge is 2.15. The standard InChI is InChI=1S/C10H16N4S/c11-9-6-8(13-14-10(9)12)5-7-1-3-15-4-2-7/h6-7H,1-5H2,(H2,11,13)(H2,12,14). The predicted octanol–water partition coefficient (Wildman–Crippen LogP) is 1.33. The number of nitrogens with two attached hydrogens (primary N) is 2. The molecule has 4 nitrogen and oxygen atoms in total. The molecule has 0 bridgehead atoms. The van der Waals surface area contributed by atoms with Gasteiger partial charge >= 0.3 is 0 Å². The summed E-state index contributed by atoms with van der Waals surface area (Å²) in [5.74, 6) is 3.60. The van der Waals surface area contributed by atoms with Gasteiger partial charge in [-0.05, 0) is 42.8 Å². The van der Waals surface area contributed by atoms with Crippen LogP contribution in [0, 0.1) is 5.92 Å². The van der Waals surface area contributed by atoms with Gasteiger partial charge in [-0.2, -0.15) is 16.9 Å². The van der Waals surface area contributed by atoms with Crippen LogP contribution in [0.4, 0.5) is 11.5 Å². The molecule has 0 saturated carbocycles. The van der Waals surface area contributed by atoms with Crippen molar-refractivity contribution in [2.45, 2.75) is 19.3 Å². The van der Waals surface area contributed by atoms with Gasteiger partial charge in [0.25, 0.3) is 0 Å². The SMILES string of the molecule is Nc1cc(CC2CCSCC2)nnc1N. The van der Waals surface area contributed by atoms with Gasteiger partial charge in [0.1, 0.15) is 0 Å². The Hall–Kier alpha value is -0.970. The first-order valence-electron chi connectivity index (χ1n) is 5.21. The van der Waals surface area contributed by atoms with Crippen LogP contribution in [0.1, 0.15) is 18.5 Å². The van der Waals surface area contributed by atoms with Crippen molar-refractivity contribution < 1.29 is 0 Å². The topological polar surface area (TPSA) is 77.8 Å². The molecular formula is C10H16N4S. The van der Waals surface area contributed by atoms with Crippen molar-refractivity contribution in [2.75, 3.05) is 23.0 Å². The molecule has 2 rings (SSSR count). The van der Waals surface area contributed by atoms with Crippen molar-refractivity contribution in [3.05, 3.63) is 11.8 Å².